The Hall–Kier alpha value is -1.03. The molecule has 0 aromatic heterocycles. The van der Waals surface area contributed by atoms with Crippen molar-refractivity contribution in [2.75, 3.05) is 14.2 Å². The highest BCUT2D eigenvalue weighted by atomic mass is 79.9. The van der Waals surface area contributed by atoms with E-state index in [-0.39, 0.29) is 6.04 Å². The minimum absolute atomic E-state index is 0.204. The van der Waals surface area contributed by atoms with E-state index >= 15 is 0 Å². The van der Waals surface area contributed by atoms with Gasteiger partial charge in [-0.3, -0.25) is 0 Å². The van der Waals surface area contributed by atoms with Gasteiger partial charge < -0.3 is 10.1 Å². The Morgan fingerprint density at radius 1 is 1.24 bits per heavy atom. The van der Waals surface area contributed by atoms with Crippen molar-refractivity contribution in [3.8, 4) is 5.75 Å². The molecule has 0 amide bonds. The van der Waals surface area contributed by atoms with Crippen molar-refractivity contribution < 1.29 is 4.74 Å². The lowest BCUT2D eigenvalue weighted by atomic mass is 9.95. The molecule has 0 radical (unpaired) electrons. The Morgan fingerprint density at radius 3 is 2.67 bits per heavy atom. The average molecular weight is 369 g/mol. The van der Waals surface area contributed by atoms with Crippen molar-refractivity contribution in [2.24, 2.45) is 0 Å². The summed E-state index contributed by atoms with van der Waals surface area (Å²) in [6.45, 7) is 2.13. The number of benzene rings is 2. The molecule has 2 aromatic rings. The average Bonchev–Trinajstić information content (AvgIpc) is 2.47. The molecule has 1 atom stereocenters. The van der Waals surface area contributed by atoms with Gasteiger partial charge in [0.15, 0.2) is 0 Å². The molecule has 0 fully saturated rings. The maximum absolute atomic E-state index is 6.12. The van der Waals surface area contributed by atoms with E-state index in [9.17, 15) is 0 Å². The van der Waals surface area contributed by atoms with Gasteiger partial charge in [-0.15, -0.1) is 0 Å². The molecule has 112 valence electrons. The van der Waals surface area contributed by atoms with E-state index in [0.29, 0.717) is 0 Å². The third-order valence-corrected chi connectivity index (χ3v) is 4.36. The number of hydrogen-bond acceptors (Lipinski definition) is 2. The largest absolute Gasteiger partial charge is 0.496 e. The smallest absolute Gasteiger partial charge is 0.122 e. The van der Waals surface area contributed by atoms with E-state index in [1.807, 2.05) is 25.2 Å². The van der Waals surface area contributed by atoms with Gasteiger partial charge in [0.1, 0.15) is 5.75 Å². The summed E-state index contributed by atoms with van der Waals surface area (Å²) in [6, 6.07) is 12.3. The monoisotopic (exact) mass is 367 g/mol. The van der Waals surface area contributed by atoms with Gasteiger partial charge in [-0.2, -0.15) is 0 Å². The van der Waals surface area contributed by atoms with Crippen molar-refractivity contribution in [1.82, 2.24) is 5.32 Å². The van der Waals surface area contributed by atoms with E-state index in [2.05, 4.69) is 46.4 Å². The van der Waals surface area contributed by atoms with Gasteiger partial charge in [0, 0.05) is 15.5 Å². The first-order chi connectivity index (χ1) is 10.0. The van der Waals surface area contributed by atoms with Crippen molar-refractivity contribution in [1.29, 1.82) is 0 Å². The van der Waals surface area contributed by atoms with Crippen molar-refractivity contribution in [2.45, 2.75) is 19.4 Å². The van der Waals surface area contributed by atoms with Crippen LogP contribution in [0.5, 0.6) is 5.75 Å². The first-order valence-corrected chi connectivity index (χ1v) is 7.98. The maximum Gasteiger partial charge on any atom is 0.122 e. The second-order valence-electron chi connectivity index (χ2n) is 5.00. The molecule has 2 nitrogen and oxygen atoms in total. The number of nitrogens with one attached hydrogen (secondary N) is 1. The zero-order valence-corrected chi connectivity index (χ0v) is 14.8. The Balaban J connectivity index is 2.35. The third kappa shape index (κ3) is 4.00. The van der Waals surface area contributed by atoms with E-state index in [1.54, 1.807) is 7.11 Å². The molecule has 0 aliphatic rings. The van der Waals surface area contributed by atoms with Crippen LogP contribution in [-0.2, 0) is 6.42 Å². The Labute approximate surface area is 139 Å². The molecule has 1 N–H and O–H groups in total. The predicted octanol–water partition coefficient (Wildman–Crippen LogP) is 4.92. The molecule has 1 unspecified atom stereocenters. The van der Waals surface area contributed by atoms with Crippen LogP contribution in [0.1, 0.15) is 22.7 Å². The van der Waals surface area contributed by atoms with Crippen molar-refractivity contribution in [3.63, 3.8) is 0 Å². The summed E-state index contributed by atoms with van der Waals surface area (Å²) < 4.78 is 6.52. The first kappa shape index (κ1) is 16.3. The number of ether oxygens (including phenoxy) is 1. The summed E-state index contributed by atoms with van der Waals surface area (Å²) in [5.74, 6) is 0.868. The van der Waals surface area contributed by atoms with Gasteiger partial charge in [0.05, 0.1) is 7.11 Å². The van der Waals surface area contributed by atoms with E-state index in [4.69, 9.17) is 16.3 Å². The Kier molecular flexibility index (Phi) is 5.68. The summed E-state index contributed by atoms with van der Waals surface area (Å²) in [5.41, 5.74) is 3.64. The molecular formula is C17H19BrClNO. The number of methoxy groups -OCH3 is 1. The van der Waals surface area contributed by atoms with E-state index in [1.165, 1.54) is 11.1 Å². The van der Waals surface area contributed by atoms with Crippen molar-refractivity contribution >= 4 is 27.5 Å². The number of halogens is 2. The molecular weight excluding hydrogens is 350 g/mol. The van der Waals surface area contributed by atoms with Crippen LogP contribution in [0.15, 0.2) is 40.9 Å². The molecule has 0 heterocycles. The quantitative estimate of drug-likeness (QED) is 0.808. The number of aryl methyl sites for hydroxylation is 1. The van der Waals surface area contributed by atoms with Crippen molar-refractivity contribution in [3.05, 3.63) is 62.6 Å². The zero-order valence-electron chi connectivity index (χ0n) is 12.4. The van der Waals surface area contributed by atoms with Crippen LogP contribution in [0.25, 0.3) is 0 Å². The molecule has 0 saturated heterocycles. The van der Waals surface area contributed by atoms with Gasteiger partial charge in [0.2, 0.25) is 0 Å². The molecule has 0 saturated carbocycles. The van der Waals surface area contributed by atoms with Crippen LogP contribution in [0.4, 0.5) is 0 Å². The van der Waals surface area contributed by atoms with Crippen LogP contribution < -0.4 is 10.1 Å². The van der Waals surface area contributed by atoms with Gasteiger partial charge in [-0.25, -0.2) is 0 Å². The summed E-state index contributed by atoms with van der Waals surface area (Å²) in [4.78, 5) is 0. The topological polar surface area (TPSA) is 21.3 Å². The lowest BCUT2D eigenvalue weighted by Crippen LogP contribution is -2.20. The molecule has 2 rings (SSSR count). The molecule has 0 bridgehead atoms. The summed E-state index contributed by atoms with van der Waals surface area (Å²) in [5, 5.41) is 4.11. The lowest BCUT2D eigenvalue weighted by Gasteiger charge is -2.21. The van der Waals surface area contributed by atoms with Gasteiger partial charge in [-0.05, 0) is 67.4 Å². The minimum atomic E-state index is 0.204. The fourth-order valence-corrected chi connectivity index (χ4v) is 3.05. The lowest BCUT2D eigenvalue weighted by molar-refractivity contribution is 0.406. The fraction of sp³-hybridized carbons (Fsp3) is 0.294. The van der Waals surface area contributed by atoms with E-state index < -0.39 is 0 Å². The van der Waals surface area contributed by atoms with Gasteiger partial charge >= 0.3 is 0 Å². The predicted molar refractivity (Wildman–Crippen MR) is 92.4 cm³/mol. The number of hydrogen-bond donors (Lipinski definition) is 1. The van der Waals surface area contributed by atoms with Crippen LogP contribution in [0, 0.1) is 6.92 Å². The molecule has 4 heteroatoms. The maximum atomic E-state index is 6.12. The molecule has 0 aliphatic heterocycles. The highest BCUT2D eigenvalue weighted by Gasteiger charge is 2.16. The van der Waals surface area contributed by atoms with Gasteiger partial charge in [0.25, 0.3) is 0 Å². The van der Waals surface area contributed by atoms with Crippen LogP contribution in [-0.4, -0.2) is 14.2 Å². The normalized spacial score (nSPS) is 12.2. The number of likely N-dealkylation sites (N-methyl/N-ethyl adjacent to an activating group) is 1. The van der Waals surface area contributed by atoms with Crippen LogP contribution in [0.3, 0.4) is 0 Å². The highest BCUT2D eigenvalue weighted by molar-refractivity contribution is 9.10. The minimum Gasteiger partial charge on any atom is -0.496 e. The summed E-state index contributed by atoms with van der Waals surface area (Å²) >= 11 is 9.66. The summed E-state index contributed by atoms with van der Waals surface area (Å²) in [7, 11) is 3.66. The second kappa shape index (κ2) is 7.30. The molecule has 2 aromatic carbocycles. The zero-order chi connectivity index (χ0) is 15.4. The Bertz CT molecular complexity index is 630. The van der Waals surface area contributed by atoms with Gasteiger partial charge in [-0.1, -0.05) is 33.6 Å². The fourth-order valence-electron chi connectivity index (χ4n) is 2.48. The van der Waals surface area contributed by atoms with Crippen LogP contribution >= 0.6 is 27.5 Å². The standard InChI is InChI=1S/C17H19BrClNO/c1-11-4-5-13(18)10-15(11)16(20-2)9-12-8-14(19)6-7-17(12)21-3/h4-8,10,16,20H,9H2,1-3H3. The van der Waals surface area contributed by atoms with E-state index in [0.717, 1.165) is 27.2 Å². The molecule has 0 aliphatic carbocycles. The number of rotatable bonds is 5. The van der Waals surface area contributed by atoms with Crippen LogP contribution in [0.2, 0.25) is 5.02 Å². The third-order valence-electron chi connectivity index (χ3n) is 3.63. The molecule has 21 heavy (non-hydrogen) atoms. The Morgan fingerprint density at radius 2 is 2.00 bits per heavy atom. The SMILES string of the molecule is CNC(Cc1cc(Cl)ccc1OC)c1cc(Br)ccc1C. The summed E-state index contributed by atoms with van der Waals surface area (Å²) in [6.07, 6.45) is 0.817. The first-order valence-electron chi connectivity index (χ1n) is 6.81. The second-order valence-corrected chi connectivity index (χ2v) is 6.35. The molecule has 0 spiro atoms. The highest BCUT2D eigenvalue weighted by Crippen LogP contribution is 2.30.